The molecule has 2 aromatic carbocycles. The fourth-order valence-corrected chi connectivity index (χ4v) is 2.44. The second kappa shape index (κ2) is 9.03. The van der Waals surface area contributed by atoms with E-state index in [1.165, 1.54) is 0 Å². The van der Waals surface area contributed by atoms with E-state index in [2.05, 4.69) is 9.97 Å². The standard InChI is InChI=1S/C18H16N2O4.HNO3/c1-23-14-8-6-11(10-15(14)24-2)7-9-16-19-13-5-3-4-12(18(21)22)17(13)20-16;2-1(3)4/h3-10H,1-2H3,(H,19,20)(H,21,22);(H,2,3,4). The minimum absolute atomic E-state index is 0.200. The third-order valence-electron chi connectivity index (χ3n) is 3.61. The molecule has 1 heterocycles. The molecule has 146 valence electrons. The molecule has 0 aliphatic rings. The van der Waals surface area contributed by atoms with Gasteiger partial charge in [0.25, 0.3) is 5.09 Å². The molecular weight excluding hydrogens is 370 g/mol. The van der Waals surface area contributed by atoms with E-state index < -0.39 is 11.1 Å². The van der Waals surface area contributed by atoms with E-state index in [1.807, 2.05) is 24.3 Å². The summed E-state index contributed by atoms with van der Waals surface area (Å²) in [7, 11) is 3.17. The molecule has 28 heavy (non-hydrogen) atoms. The topological polar surface area (TPSA) is 148 Å². The van der Waals surface area contributed by atoms with Gasteiger partial charge in [-0.05, 0) is 35.9 Å². The van der Waals surface area contributed by atoms with Gasteiger partial charge in [-0.15, -0.1) is 10.1 Å². The second-order valence-electron chi connectivity index (χ2n) is 5.31. The molecule has 0 unspecified atom stereocenters. The molecule has 3 rings (SSSR count). The van der Waals surface area contributed by atoms with E-state index in [-0.39, 0.29) is 5.56 Å². The van der Waals surface area contributed by atoms with Crippen molar-refractivity contribution in [3.8, 4) is 11.5 Å². The number of H-pyrrole nitrogens is 1. The summed E-state index contributed by atoms with van der Waals surface area (Å²) >= 11 is 0. The number of imidazole rings is 1. The van der Waals surface area contributed by atoms with Crippen LogP contribution in [0.25, 0.3) is 23.2 Å². The predicted octanol–water partition coefficient (Wildman–Crippen LogP) is 3.10. The summed E-state index contributed by atoms with van der Waals surface area (Å²) in [5.74, 6) is 0.884. The van der Waals surface area contributed by atoms with Crippen LogP contribution in [0, 0.1) is 10.1 Å². The van der Waals surface area contributed by atoms with Crippen molar-refractivity contribution in [3.05, 3.63) is 63.5 Å². The maximum atomic E-state index is 11.2. The smallest absolute Gasteiger partial charge is 0.337 e. The van der Waals surface area contributed by atoms with Gasteiger partial charge < -0.3 is 24.8 Å². The molecule has 0 saturated carbocycles. The van der Waals surface area contributed by atoms with Gasteiger partial charge in [-0.25, -0.2) is 9.78 Å². The van der Waals surface area contributed by atoms with Crippen LogP contribution in [0.5, 0.6) is 11.5 Å². The lowest BCUT2D eigenvalue weighted by molar-refractivity contribution is -0.742. The molecular formula is C18H17N3O7. The first-order valence-corrected chi connectivity index (χ1v) is 7.81. The zero-order valence-corrected chi connectivity index (χ0v) is 14.9. The number of hydrogen-bond donors (Lipinski definition) is 3. The third-order valence-corrected chi connectivity index (χ3v) is 3.61. The summed E-state index contributed by atoms with van der Waals surface area (Å²) in [5, 5.41) is 22.9. The first-order chi connectivity index (χ1) is 13.3. The lowest BCUT2D eigenvalue weighted by Crippen LogP contribution is -1.96. The fraction of sp³-hybridized carbons (Fsp3) is 0.111. The van der Waals surface area contributed by atoms with E-state index in [4.69, 9.17) is 24.8 Å². The highest BCUT2D eigenvalue weighted by Gasteiger charge is 2.11. The molecule has 0 atom stereocenters. The minimum Gasteiger partial charge on any atom is -0.493 e. The van der Waals surface area contributed by atoms with Gasteiger partial charge >= 0.3 is 5.97 Å². The van der Waals surface area contributed by atoms with Crippen LogP contribution in [0.1, 0.15) is 21.7 Å². The normalized spacial score (nSPS) is 10.4. The molecule has 10 heteroatoms. The summed E-state index contributed by atoms with van der Waals surface area (Å²) in [4.78, 5) is 27.0. The number of benzene rings is 2. The van der Waals surface area contributed by atoms with E-state index in [9.17, 15) is 9.90 Å². The molecule has 0 aliphatic carbocycles. The molecule has 10 nitrogen and oxygen atoms in total. The number of carboxylic acids is 1. The quantitative estimate of drug-likeness (QED) is 0.447. The average Bonchev–Trinajstić information content (AvgIpc) is 3.08. The Morgan fingerprint density at radius 2 is 1.86 bits per heavy atom. The Balaban J connectivity index is 0.000000640. The van der Waals surface area contributed by atoms with E-state index >= 15 is 0 Å². The van der Waals surface area contributed by atoms with Gasteiger partial charge in [0.1, 0.15) is 5.82 Å². The van der Waals surface area contributed by atoms with Gasteiger partial charge in [0.2, 0.25) is 0 Å². The van der Waals surface area contributed by atoms with Crippen molar-refractivity contribution in [3.63, 3.8) is 0 Å². The van der Waals surface area contributed by atoms with Crippen LogP contribution >= 0.6 is 0 Å². The molecule has 0 aliphatic heterocycles. The molecule has 0 radical (unpaired) electrons. The number of para-hydroxylation sites is 1. The molecule has 0 saturated heterocycles. The molecule has 0 amide bonds. The van der Waals surface area contributed by atoms with Crippen molar-refractivity contribution in [2.45, 2.75) is 0 Å². The zero-order chi connectivity index (χ0) is 20.7. The summed E-state index contributed by atoms with van der Waals surface area (Å²) in [6.45, 7) is 0. The average molecular weight is 387 g/mol. The predicted molar refractivity (Wildman–Crippen MR) is 100 cm³/mol. The van der Waals surface area contributed by atoms with Gasteiger partial charge in [-0.2, -0.15) is 0 Å². The van der Waals surface area contributed by atoms with Crippen LogP contribution in [0.2, 0.25) is 0 Å². The van der Waals surface area contributed by atoms with Crippen molar-refractivity contribution in [2.24, 2.45) is 0 Å². The summed E-state index contributed by atoms with van der Waals surface area (Å²) in [6, 6.07) is 10.6. The molecule has 0 spiro atoms. The second-order valence-corrected chi connectivity index (χ2v) is 5.31. The fourth-order valence-electron chi connectivity index (χ4n) is 2.44. The summed E-state index contributed by atoms with van der Waals surface area (Å²) in [6.07, 6.45) is 3.65. The Morgan fingerprint density at radius 3 is 2.46 bits per heavy atom. The van der Waals surface area contributed by atoms with Gasteiger partial charge in [-0.1, -0.05) is 18.2 Å². The third kappa shape index (κ3) is 4.97. The number of carboxylic acid groups (broad SMARTS) is 1. The first kappa shape index (κ1) is 20.2. The zero-order valence-electron chi connectivity index (χ0n) is 14.9. The number of hydrogen-bond acceptors (Lipinski definition) is 6. The Hall–Kier alpha value is -4.08. The maximum absolute atomic E-state index is 11.2. The number of aromatic amines is 1. The van der Waals surface area contributed by atoms with E-state index in [1.54, 1.807) is 38.5 Å². The van der Waals surface area contributed by atoms with Gasteiger partial charge in [0, 0.05) is 0 Å². The largest absolute Gasteiger partial charge is 0.493 e. The van der Waals surface area contributed by atoms with Crippen LogP contribution in [0.3, 0.4) is 0 Å². The van der Waals surface area contributed by atoms with Crippen LogP contribution in [0.4, 0.5) is 0 Å². The number of fused-ring (bicyclic) bond motifs is 1. The Bertz CT molecular complexity index is 1020. The molecule has 3 N–H and O–H groups in total. The molecule has 3 aromatic rings. The van der Waals surface area contributed by atoms with Crippen LogP contribution in [-0.4, -0.2) is 45.6 Å². The van der Waals surface area contributed by atoms with Crippen molar-refractivity contribution < 1.29 is 29.7 Å². The van der Waals surface area contributed by atoms with Crippen LogP contribution in [0.15, 0.2) is 36.4 Å². The van der Waals surface area contributed by atoms with Gasteiger partial charge in [0.05, 0.1) is 30.8 Å². The lowest BCUT2D eigenvalue weighted by atomic mass is 10.2. The highest BCUT2D eigenvalue weighted by atomic mass is 16.9. The minimum atomic E-state index is -1.50. The van der Waals surface area contributed by atoms with Crippen molar-refractivity contribution in [2.75, 3.05) is 14.2 Å². The van der Waals surface area contributed by atoms with E-state index in [0.29, 0.717) is 28.4 Å². The molecule has 0 bridgehead atoms. The number of aromatic nitrogens is 2. The number of carbonyl (C=O) groups is 1. The molecule has 1 aromatic heterocycles. The molecule has 0 fully saturated rings. The Kier molecular flexibility index (Phi) is 6.53. The van der Waals surface area contributed by atoms with Gasteiger partial charge in [0.15, 0.2) is 11.5 Å². The Morgan fingerprint density at radius 1 is 1.18 bits per heavy atom. The van der Waals surface area contributed by atoms with Crippen LogP contribution < -0.4 is 9.47 Å². The van der Waals surface area contributed by atoms with Crippen molar-refractivity contribution >= 4 is 29.2 Å². The van der Waals surface area contributed by atoms with Crippen LogP contribution in [-0.2, 0) is 0 Å². The van der Waals surface area contributed by atoms with Gasteiger partial charge in [-0.3, -0.25) is 0 Å². The Labute approximate surface area is 158 Å². The highest BCUT2D eigenvalue weighted by Crippen LogP contribution is 2.28. The number of rotatable bonds is 5. The first-order valence-electron chi connectivity index (χ1n) is 7.81. The lowest BCUT2D eigenvalue weighted by Gasteiger charge is -2.07. The number of aromatic carboxylic acids is 1. The summed E-state index contributed by atoms with van der Waals surface area (Å²) in [5.41, 5.74) is 2.23. The maximum Gasteiger partial charge on any atom is 0.337 e. The monoisotopic (exact) mass is 387 g/mol. The van der Waals surface area contributed by atoms with Crippen molar-refractivity contribution in [1.29, 1.82) is 0 Å². The number of nitrogens with zero attached hydrogens (tertiary/aromatic N) is 2. The SMILES string of the molecule is COc1ccc(C=Cc2nc3cccc(C(=O)O)c3[nH]2)cc1OC.O=[N+]([O-])O. The summed E-state index contributed by atoms with van der Waals surface area (Å²) < 4.78 is 10.5. The highest BCUT2D eigenvalue weighted by molar-refractivity contribution is 6.01. The van der Waals surface area contributed by atoms with E-state index in [0.717, 1.165) is 5.56 Å². The number of nitrogens with one attached hydrogen (secondary N) is 1. The number of methoxy groups -OCH3 is 2. The van der Waals surface area contributed by atoms with Crippen molar-refractivity contribution in [1.82, 2.24) is 9.97 Å². The number of ether oxygens (including phenoxy) is 2.